The molecule has 3 amide bonds. The molecule has 2 aromatic carbocycles. The Morgan fingerprint density at radius 1 is 1.10 bits per heavy atom. The predicted octanol–water partition coefficient (Wildman–Crippen LogP) is 0.291. The molecule has 3 rings (SSSR count). The van der Waals surface area contributed by atoms with Crippen LogP contribution in [-0.4, -0.2) is 50.5 Å². The van der Waals surface area contributed by atoms with Crippen molar-refractivity contribution in [1.29, 1.82) is 0 Å². The fourth-order valence-corrected chi connectivity index (χ4v) is 3.12. The van der Waals surface area contributed by atoms with Crippen molar-refractivity contribution in [3.8, 4) is 5.75 Å². The van der Waals surface area contributed by atoms with Crippen molar-refractivity contribution in [2.75, 3.05) is 43.4 Å². The summed E-state index contributed by atoms with van der Waals surface area (Å²) in [6, 6.07) is 13.9. The van der Waals surface area contributed by atoms with Gasteiger partial charge in [-0.25, -0.2) is 0 Å². The fourth-order valence-electron chi connectivity index (χ4n) is 3.12. The summed E-state index contributed by atoms with van der Waals surface area (Å²) in [6.07, 6.45) is 0. The summed E-state index contributed by atoms with van der Waals surface area (Å²) in [5, 5.41) is 8.36. The Kier molecular flexibility index (Phi) is 6.80. The maximum atomic E-state index is 12.7. The first-order valence-corrected chi connectivity index (χ1v) is 9.58. The van der Waals surface area contributed by atoms with Crippen LogP contribution in [0.3, 0.4) is 0 Å². The van der Waals surface area contributed by atoms with E-state index >= 15 is 0 Å². The molecule has 1 aliphatic rings. The van der Waals surface area contributed by atoms with Gasteiger partial charge in [0.2, 0.25) is 0 Å². The number of carbonyl (C=O) groups is 3. The molecule has 1 unspecified atom stereocenters. The number of piperazine rings is 1. The number of rotatable bonds is 7. The van der Waals surface area contributed by atoms with Crippen LogP contribution in [0.25, 0.3) is 0 Å². The van der Waals surface area contributed by atoms with Crippen LogP contribution in [0, 0.1) is 0 Å². The Bertz CT molecular complexity index is 883. The minimum Gasteiger partial charge on any atom is -0.494 e. The van der Waals surface area contributed by atoms with E-state index in [9.17, 15) is 14.4 Å². The number of quaternary nitrogens is 1. The molecule has 0 radical (unpaired) electrons. The van der Waals surface area contributed by atoms with Gasteiger partial charge in [0, 0.05) is 5.69 Å². The van der Waals surface area contributed by atoms with Crippen molar-refractivity contribution in [3.05, 3.63) is 54.1 Å². The standard InChI is InChI=1S/C21H24N4O4/c1-2-29-16-9-7-15(8-10-16)23-21(28)17-5-3-4-6-18(17)24-20(27)14-25-12-11-22-19(26)13-25/h3-10H,2,11-14H2,1H3,(H,22,26)(H,23,28)(H,24,27)/p+1. The first-order valence-electron chi connectivity index (χ1n) is 9.58. The molecule has 1 fully saturated rings. The molecule has 0 aromatic heterocycles. The SMILES string of the molecule is CCOc1ccc(NC(=O)c2ccccc2NC(=O)C[NH+]2CCNC(=O)C2)cc1. The number of carbonyl (C=O) groups excluding carboxylic acids is 3. The number of nitrogens with one attached hydrogen (secondary N) is 4. The fraction of sp³-hybridized carbons (Fsp3) is 0.286. The zero-order chi connectivity index (χ0) is 20.6. The lowest BCUT2D eigenvalue weighted by molar-refractivity contribution is -0.885. The van der Waals surface area contributed by atoms with Crippen molar-refractivity contribution >= 4 is 29.1 Å². The lowest BCUT2D eigenvalue weighted by Crippen LogP contribution is -3.16. The van der Waals surface area contributed by atoms with Crippen molar-refractivity contribution < 1.29 is 24.0 Å². The zero-order valence-corrected chi connectivity index (χ0v) is 16.3. The number of ether oxygens (including phenoxy) is 1. The van der Waals surface area contributed by atoms with Gasteiger partial charge in [-0.3, -0.25) is 14.4 Å². The molecule has 0 saturated carbocycles. The Morgan fingerprint density at radius 2 is 1.86 bits per heavy atom. The van der Waals surface area contributed by atoms with Crippen LogP contribution in [0.15, 0.2) is 48.5 Å². The molecule has 0 aliphatic carbocycles. The molecule has 8 nitrogen and oxygen atoms in total. The molecule has 1 heterocycles. The van der Waals surface area contributed by atoms with E-state index in [1.54, 1.807) is 48.5 Å². The van der Waals surface area contributed by atoms with E-state index < -0.39 is 0 Å². The van der Waals surface area contributed by atoms with Gasteiger partial charge in [0.15, 0.2) is 13.1 Å². The molecule has 8 heteroatoms. The summed E-state index contributed by atoms with van der Waals surface area (Å²) >= 11 is 0. The first-order chi connectivity index (χ1) is 14.0. The van der Waals surface area contributed by atoms with Crippen LogP contribution in [0.5, 0.6) is 5.75 Å². The molecule has 29 heavy (non-hydrogen) atoms. The summed E-state index contributed by atoms with van der Waals surface area (Å²) in [4.78, 5) is 37.5. The number of para-hydroxylation sites is 1. The molecule has 2 aromatic rings. The van der Waals surface area contributed by atoms with Crippen molar-refractivity contribution in [3.63, 3.8) is 0 Å². The number of hydrogen-bond donors (Lipinski definition) is 4. The normalized spacial score (nSPS) is 15.9. The zero-order valence-electron chi connectivity index (χ0n) is 16.3. The highest BCUT2D eigenvalue weighted by molar-refractivity contribution is 6.10. The molecule has 0 bridgehead atoms. The summed E-state index contributed by atoms with van der Waals surface area (Å²) in [5.41, 5.74) is 1.42. The Labute approximate surface area is 169 Å². The number of hydrogen-bond acceptors (Lipinski definition) is 4. The lowest BCUT2D eigenvalue weighted by atomic mass is 10.1. The second kappa shape index (κ2) is 9.70. The van der Waals surface area contributed by atoms with Gasteiger partial charge in [0.25, 0.3) is 17.7 Å². The van der Waals surface area contributed by atoms with E-state index in [0.717, 1.165) is 10.6 Å². The lowest BCUT2D eigenvalue weighted by Gasteiger charge is -2.23. The molecular formula is C21H25N4O4+. The van der Waals surface area contributed by atoms with E-state index in [4.69, 9.17) is 4.74 Å². The highest BCUT2D eigenvalue weighted by Crippen LogP contribution is 2.19. The van der Waals surface area contributed by atoms with Crippen LogP contribution in [0.4, 0.5) is 11.4 Å². The largest absolute Gasteiger partial charge is 0.494 e. The van der Waals surface area contributed by atoms with Crippen LogP contribution < -0.4 is 25.6 Å². The maximum Gasteiger partial charge on any atom is 0.279 e. The number of benzene rings is 2. The molecule has 1 saturated heterocycles. The quantitative estimate of drug-likeness (QED) is 0.540. The highest BCUT2D eigenvalue weighted by Gasteiger charge is 2.23. The van der Waals surface area contributed by atoms with E-state index in [1.165, 1.54) is 0 Å². The van der Waals surface area contributed by atoms with Gasteiger partial charge in [0.1, 0.15) is 5.75 Å². The van der Waals surface area contributed by atoms with Crippen LogP contribution >= 0.6 is 0 Å². The number of anilines is 2. The third kappa shape index (κ3) is 5.79. The topological polar surface area (TPSA) is 101 Å². The molecule has 152 valence electrons. The van der Waals surface area contributed by atoms with E-state index in [0.29, 0.717) is 36.6 Å². The highest BCUT2D eigenvalue weighted by atomic mass is 16.5. The van der Waals surface area contributed by atoms with Crippen LogP contribution in [-0.2, 0) is 9.59 Å². The monoisotopic (exact) mass is 397 g/mol. The third-order valence-electron chi connectivity index (χ3n) is 4.49. The Balaban J connectivity index is 1.63. The maximum absolute atomic E-state index is 12.7. The van der Waals surface area contributed by atoms with Gasteiger partial charge in [-0.2, -0.15) is 0 Å². The average molecular weight is 397 g/mol. The molecular weight excluding hydrogens is 372 g/mol. The predicted molar refractivity (Wildman–Crippen MR) is 109 cm³/mol. The van der Waals surface area contributed by atoms with Gasteiger partial charge in [-0.1, -0.05) is 12.1 Å². The average Bonchev–Trinajstić information content (AvgIpc) is 2.70. The van der Waals surface area contributed by atoms with Crippen LogP contribution in [0.1, 0.15) is 17.3 Å². The first kappa shape index (κ1) is 20.3. The Hall–Kier alpha value is -3.39. The second-order valence-electron chi connectivity index (χ2n) is 6.71. The van der Waals surface area contributed by atoms with E-state index in [1.807, 2.05) is 6.92 Å². The van der Waals surface area contributed by atoms with Gasteiger partial charge >= 0.3 is 0 Å². The minimum atomic E-state index is -0.324. The summed E-state index contributed by atoms with van der Waals surface area (Å²) < 4.78 is 5.40. The van der Waals surface area contributed by atoms with Gasteiger partial charge < -0.3 is 25.6 Å². The third-order valence-corrected chi connectivity index (χ3v) is 4.49. The van der Waals surface area contributed by atoms with Crippen molar-refractivity contribution in [1.82, 2.24) is 5.32 Å². The summed E-state index contributed by atoms with van der Waals surface area (Å²) in [7, 11) is 0. The smallest absolute Gasteiger partial charge is 0.279 e. The van der Waals surface area contributed by atoms with Crippen molar-refractivity contribution in [2.45, 2.75) is 6.92 Å². The van der Waals surface area contributed by atoms with Gasteiger partial charge in [-0.05, 0) is 43.3 Å². The van der Waals surface area contributed by atoms with Gasteiger partial charge in [-0.15, -0.1) is 0 Å². The van der Waals surface area contributed by atoms with Gasteiger partial charge in [0.05, 0.1) is 30.9 Å². The van der Waals surface area contributed by atoms with Crippen LogP contribution in [0.2, 0.25) is 0 Å². The van der Waals surface area contributed by atoms with Crippen molar-refractivity contribution in [2.24, 2.45) is 0 Å². The summed E-state index contributed by atoms with van der Waals surface area (Å²) in [6.45, 7) is 4.17. The number of amides is 3. The molecule has 1 atom stereocenters. The summed E-state index contributed by atoms with van der Waals surface area (Å²) in [5.74, 6) is 0.104. The minimum absolute atomic E-state index is 0.0609. The molecule has 4 N–H and O–H groups in total. The van der Waals surface area contributed by atoms with E-state index in [-0.39, 0.29) is 30.8 Å². The molecule has 1 aliphatic heterocycles. The molecule has 0 spiro atoms. The second-order valence-corrected chi connectivity index (χ2v) is 6.71. The Morgan fingerprint density at radius 3 is 2.59 bits per heavy atom. The van der Waals surface area contributed by atoms with E-state index in [2.05, 4.69) is 16.0 Å².